The number of tetrazole rings is 1. The fourth-order valence-corrected chi connectivity index (χ4v) is 1.12. The van der Waals surface area contributed by atoms with E-state index in [-0.39, 0.29) is 5.75 Å². The SMILES string of the molecule is Cn1nnnc1-c1ccccc1O. The van der Waals surface area contributed by atoms with Gasteiger partial charge in [-0.2, -0.15) is 0 Å². The van der Waals surface area contributed by atoms with E-state index in [0.717, 1.165) is 0 Å². The zero-order chi connectivity index (χ0) is 9.26. The van der Waals surface area contributed by atoms with E-state index in [4.69, 9.17) is 0 Å². The third-order valence-electron chi connectivity index (χ3n) is 1.77. The Hall–Kier alpha value is -1.91. The highest BCUT2D eigenvalue weighted by molar-refractivity contribution is 5.62. The van der Waals surface area contributed by atoms with Crippen molar-refractivity contribution in [3.05, 3.63) is 24.3 Å². The number of hydrogen-bond acceptors (Lipinski definition) is 4. The molecule has 66 valence electrons. The van der Waals surface area contributed by atoms with Crippen molar-refractivity contribution in [2.24, 2.45) is 7.05 Å². The van der Waals surface area contributed by atoms with Gasteiger partial charge in [0.15, 0.2) is 5.82 Å². The van der Waals surface area contributed by atoms with E-state index in [1.807, 2.05) is 6.07 Å². The van der Waals surface area contributed by atoms with Crippen LogP contribution in [0.4, 0.5) is 0 Å². The number of phenolic OH excluding ortho intramolecular Hbond substituents is 1. The lowest BCUT2D eigenvalue weighted by Gasteiger charge is -2.00. The molecule has 2 rings (SSSR count). The zero-order valence-corrected chi connectivity index (χ0v) is 7.05. The fourth-order valence-electron chi connectivity index (χ4n) is 1.12. The standard InChI is InChI=1S/C8H8N4O/c1-12-8(9-10-11-12)6-4-2-3-5-7(6)13/h2-5,13H,1H3. The van der Waals surface area contributed by atoms with Crippen LogP contribution in [0.15, 0.2) is 24.3 Å². The van der Waals surface area contributed by atoms with Crippen molar-refractivity contribution in [2.45, 2.75) is 0 Å². The molecular formula is C8H8N4O. The topological polar surface area (TPSA) is 63.8 Å². The molecule has 0 aliphatic rings. The van der Waals surface area contributed by atoms with Crippen LogP contribution in [0.1, 0.15) is 0 Å². The molecule has 5 heteroatoms. The van der Waals surface area contributed by atoms with Crippen molar-refractivity contribution < 1.29 is 5.11 Å². The van der Waals surface area contributed by atoms with Crippen LogP contribution in [0.2, 0.25) is 0 Å². The molecule has 5 nitrogen and oxygen atoms in total. The van der Waals surface area contributed by atoms with Gasteiger partial charge >= 0.3 is 0 Å². The Kier molecular flexibility index (Phi) is 1.70. The van der Waals surface area contributed by atoms with Gasteiger partial charge in [-0.1, -0.05) is 12.1 Å². The van der Waals surface area contributed by atoms with Crippen LogP contribution in [0.25, 0.3) is 11.4 Å². The molecule has 1 aromatic heterocycles. The number of phenols is 1. The Balaban J connectivity index is 2.59. The van der Waals surface area contributed by atoms with E-state index in [0.29, 0.717) is 11.4 Å². The average molecular weight is 176 g/mol. The monoisotopic (exact) mass is 176 g/mol. The Bertz CT molecular complexity index is 424. The predicted molar refractivity (Wildman–Crippen MR) is 45.9 cm³/mol. The molecule has 0 spiro atoms. The summed E-state index contributed by atoms with van der Waals surface area (Å²) in [5.74, 6) is 0.735. The van der Waals surface area contributed by atoms with E-state index >= 15 is 0 Å². The summed E-state index contributed by atoms with van der Waals surface area (Å²) in [6.07, 6.45) is 0. The van der Waals surface area contributed by atoms with E-state index in [9.17, 15) is 5.11 Å². The Morgan fingerprint density at radius 3 is 2.69 bits per heavy atom. The predicted octanol–water partition coefficient (Wildman–Crippen LogP) is 0.583. The van der Waals surface area contributed by atoms with Crippen LogP contribution in [-0.2, 0) is 7.05 Å². The summed E-state index contributed by atoms with van der Waals surface area (Å²) in [6.45, 7) is 0. The molecule has 0 atom stereocenters. The number of hydrogen-bond donors (Lipinski definition) is 1. The molecular weight excluding hydrogens is 168 g/mol. The molecule has 13 heavy (non-hydrogen) atoms. The van der Waals surface area contributed by atoms with Crippen LogP contribution in [0, 0.1) is 0 Å². The van der Waals surface area contributed by atoms with E-state index in [1.165, 1.54) is 4.68 Å². The molecule has 0 saturated heterocycles. The molecule has 0 radical (unpaired) electrons. The van der Waals surface area contributed by atoms with Crippen molar-refractivity contribution in [1.82, 2.24) is 20.2 Å². The summed E-state index contributed by atoms with van der Waals surface area (Å²) in [7, 11) is 1.72. The highest BCUT2D eigenvalue weighted by Crippen LogP contribution is 2.25. The van der Waals surface area contributed by atoms with Crippen LogP contribution in [-0.4, -0.2) is 25.3 Å². The first-order valence-electron chi connectivity index (χ1n) is 3.80. The van der Waals surface area contributed by atoms with Crippen LogP contribution >= 0.6 is 0 Å². The third kappa shape index (κ3) is 1.24. The van der Waals surface area contributed by atoms with Crippen molar-refractivity contribution in [1.29, 1.82) is 0 Å². The molecule has 0 aliphatic carbocycles. The Labute approximate surface area is 74.6 Å². The molecule has 0 fully saturated rings. The van der Waals surface area contributed by atoms with Gasteiger partial charge in [0.2, 0.25) is 0 Å². The van der Waals surface area contributed by atoms with Crippen molar-refractivity contribution in [2.75, 3.05) is 0 Å². The molecule has 0 aliphatic heterocycles. The molecule has 0 amide bonds. The lowest BCUT2D eigenvalue weighted by molar-refractivity contribution is 0.476. The fraction of sp³-hybridized carbons (Fsp3) is 0.125. The van der Waals surface area contributed by atoms with E-state index in [1.54, 1.807) is 25.2 Å². The van der Waals surface area contributed by atoms with Gasteiger partial charge in [0.25, 0.3) is 0 Å². The molecule has 1 heterocycles. The van der Waals surface area contributed by atoms with E-state index < -0.39 is 0 Å². The second-order valence-electron chi connectivity index (χ2n) is 2.64. The summed E-state index contributed by atoms with van der Waals surface area (Å²) in [5, 5.41) is 20.5. The highest BCUT2D eigenvalue weighted by Gasteiger charge is 2.08. The third-order valence-corrected chi connectivity index (χ3v) is 1.77. The second-order valence-corrected chi connectivity index (χ2v) is 2.64. The zero-order valence-electron chi connectivity index (χ0n) is 7.05. The van der Waals surface area contributed by atoms with Gasteiger partial charge in [-0.05, 0) is 22.6 Å². The summed E-state index contributed by atoms with van der Waals surface area (Å²) in [5.41, 5.74) is 0.634. The molecule has 0 unspecified atom stereocenters. The number of nitrogens with zero attached hydrogens (tertiary/aromatic N) is 4. The van der Waals surface area contributed by atoms with Crippen LogP contribution in [0.3, 0.4) is 0 Å². The summed E-state index contributed by atoms with van der Waals surface area (Å²) in [4.78, 5) is 0. The first kappa shape index (κ1) is 7.72. The summed E-state index contributed by atoms with van der Waals surface area (Å²) in [6, 6.07) is 6.94. The molecule has 2 aromatic rings. The number of aryl methyl sites for hydroxylation is 1. The van der Waals surface area contributed by atoms with Gasteiger partial charge in [-0.25, -0.2) is 4.68 Å². The number of aromatic nitrogens is 4. The first-order chi connectivity index (χ1) is 6.29. The lowest BCUT2D eigenvalue weighted by Crippen LogP contribution is -1.94. The number of para-hydroxylation sites is 1. The normalized spacial score (nSPS) is 10.2. The maximum absolute atomic E-state index is 9.50. The quantitative estimate of drug-likeness (QED) is 0.690. The van der Waals surface area contributed by atoms with Crippen LogP contribution < -0.4 is 0 Å². The Morgan fingerprint density at radius 2 is 2.08 bits per heavy atom. The molecule has 0 saturated carbocycles. The number of aromatic hydroxyl groups is 1. The van der Waals surface area contributed by atoms with E-state index in [2.05, 4.69) is 15.5 Å². The lowest BCUT2D eigenvalue weighted by atomic mass is 10.2. The molecule has 1 aromatic carbocycles. The van der Waals surface area contributed by atoms with Gasteiger partial charge in [0, 0.05) is 7.05 Å². The highest BCUT2D eigenvalue weighted by atomic mass is 16.3. The van der Waals surface area contributed by atoms with Gasteiger partial charge in [-0.3, -0.25) is 0 Å². The van der Waals surface area contributed by atoms with Gasteiger partial charge in [0.1, 0.15) is 5.75 Å². The van der Waals surface area contributed by atoms with Crippen molar-refractivity contribution in [3.63, 3.8) is 0 Å². The smallest absolute Gasteiger partial charge is 0.185 e. The largest absolute Gasteiger partial charge is 0.507 e. The minimum atomic E-state index is 0.181. The van der Waals surface area contributed by atoms with Crippen molar-refractivity contribution in [3.8, 4) is 17.1 Å². The number of rotatable bonds is 1. The second kappa shape index (κ2) is 2.85. The Morgan fingerprint density at radius 1 is 1.31 bits per heavy atom. The number of benzene rings is 1. The van der Waals surface area contributed by atoms with Crippen molar-refractivity contribution >= 4 is 0 Å². The maximum atomic E-state index is 9.50. The van der Waals surface area contributed by atoms with Gasteiger partial charge in [0.05, 0.1) is 5.56 Å². The maximum Gasteiger partial charge on any atom is 0.185 e. The average Bonchev–Trinajstić information content (AvgIpc) is 2.52. The minimum Gasteiger partial charge on any atom is -0.507 e. The molecule has 1 N–H and O–H groups in total. The van der Waals surface area contributed by atoms with Gasteiger partial charge < -0.3 is 5.11 Å². The van der Waals surface area contributed by atoms with Gasteiger partial charge in [-0.15, -0.1) is 5.10 Å². The minimum absolute atomic E-state index is 0.181. The molecule has 0 bridgehead atoms. The summed E-state index contributed by atoms with van der Waals surface area (Å²) >= 11 is 0. The summed E-state index contributed by atoms with van der Waals surface area (Å²) < 4.78 is 1.51. The van der Waals surface area contributed by atoms with Crippen LogP contribution in [0.5, 0.6) is 5.75 Å². The first-order valence-corrected chi connectivity index (χ1v) is 3.80.